The Morgan fingerprint density at radius 1 is 0.368 bits per heavy atom. The van der Waals surface area contributed by atoms with Crippen LogP contribution in [0.25, 0.3) is 0 Å². The Morgan fingerprint density at radius 2 is 0.663 bits per heavy atom. The lowest BCUT2D eigenvalue weighted by atomic mass is 9.99. The first-order valence-corrected chi connectivity index (χ1v) is 41.3. The third kappa shape index (κ3) is 62.1. The molecule has 95 heavy (non-hydrogen) atoms. The molecule has 0 bridgehead atoms. The van der Waals surface area contributed by atoms with Gasteiger partial charge in [-0.25, -0.2) is 0 Å². The van der Waals surface area contributed by atoms with Crippen molar-refractivity contribution in [3.63, 3.8) is 0 Å². The van der Waals surface area contributed by atoms with Crippen molar-refractivity contribution in [2.75, 3.05) is 13.2 Å². The molecule has 7 atom stereocenters. The number of carbonyl (C=O) groups is 1. The van der Waals surface area contributed by atoms with Crippen LogP contribution in [-0.2, 0) is 14.3 Å². The molecular weight excluding hydrogens is 1170 g/mol. The maximum absolute atomic E-state index is 13.2. The molecule has 1 aliphatic heterocycles. The van der Waals surface area contributed by atoms with Gasteiger partial charge in [-0.1, -0.05) is 401 Å². The predicted molar refractivity (Wildman–Crippen MR) is 410 cm³/mol. The minimum atomic E-state index is -1.58. The Morgan fingerprint density at radius 3 is 1.01 bits per heavy atom. The summed E-state index contributed by atoms with van der Waals surface area (Å²) in [5.41, 5.74) is 0. The summed E-state index contributed by atoms with van der Waals surface area (Å²) in [6.45, 7) is 3.70. The number of aliphatic hydroxyl groups is 5. The number of ether oxygens (including phenoxy) is 2. The summed E-state index contributed by atoms with van der Waals surface area (Å²) in [6, 6.07) is -0.825. The number of allylic oxidation sites excluding steroid dienone is 13. The molecule has 0 aromatic carbocycles. The number of aliphatic hydroxyl groups excluding tert-OH is 5. The van der Waals surface area contributed by atoms with Crippen molar-refractivity contribution in [3.05, 3.63) is 85.1 Å². The van der Waals surface area contributed by atoms with Crippen LogP contribution >= 0.6 is 0 Å². The van der Waals surface area contributed by atoms with Gasteiger partial charge < -0.3 is 40.3 Å². The second-order valence-electron chi connectivity index (χ2n) is 28.5. The molecule has 1 saturated heterocycles. The van der Waals surface area contributed by atoms with Crippen molar-refractivity contribution in [2.45, 2.75) is 442 Å². The van der Waals surface area contributed by atoms with E-state index in [4.69, 9.17) is 9.47 Å². The first-order valence-electron chi connectivity index (χ1n) is 41.3. The Hall–Kier alpha value is -2.63. The summed E-state index contributed by atoms with van der Waals surface area (Å²) >= 11 is 0. The van der Waals surface area contributed by atoms with Crippen LogP contribution in [0.5, 0.6) is 0 Å². The molecule has 0 aromatic heterocycles. The minimum Gasteiger partial charge on any atom is -0.394 e. The predicted octanol–water partition coefficient (Wildman–Crippen LogP) is 24.0. The summed E-state index contributed by atoms with van der Waals surface area (Å²) in [5, 5.41) is 54.9. The van der Waals surface area contributed by atoms with Gasteiger partial charge in [-0.3, -0.25) is 4.79 Å². The second kappa shape index (κ2) is 74.1. The highest BCUT2D eigenvalue weighted by atomic mass is 16.7. The minimum absolute atomic E-state index is 0.180. The van der Waals surface area contributed by atoms with Gasteiger partial charge >= 0.3 is 0 Å². The molecule has 1 amide bonds. The van der Waals surface area contributed by atoms with E-state index in [1.165, 1.54) is 308 Å². The molecule has 9 nitrogen and oxygen atoms in total. The zero-order valence-corrected chi connectivity index (χ0v) is 62.4. The highest BCUT2D eigenvalue weighted by Gasteiger charge is 2.44. The Kier molecular flexibility index (Phi) is 70.5. The highest BCUT2D eigenvalue weighted by Crippen LogP contribution is 2.24. The Labute approximate surface area is 588 Å². The molecule has 1 rings (SSSR count). The van der Waals surface area contributed by atoms with Gasteiger partial charge in [-0.2, -0.15) is 0 Å². The number of rotatable bonds is 73. The van der Waals surface area contributed by atoms with Gasteiger partial charge in [0, 0.05) is 6.42 Å². The Balaban J connectivity index is 2.06. The van der Waals surface area contributed by atoms with Crippen LogP contribution in [-0.4, -0.2) is 87.5 Å². The summed E-state index contributed by atoms with van der Waals surface area (Å²) in [7, 11) is 0. The first-order chi connectivity index (χ1) is 46.8. The molecule has 1 fully saturated rings. The van der Waals surface area contributed by atoms with Crippen LogP contribution < -0.4 is 5.32 Å². The van der Waals surface area contributed by atoms with Crippen LogP contribution in [0.15, 0.2) is 85.1 Å². The first kappa shape index (κ1) is 90.4. The largest absolute Gasteiger partial charge is 0.394 e. The van der Waals surface area contributed by atoms with Gasteiger partial charge in [0.05, 0.1) is 25.4 Å². The van der Waals surface area contributed by atoms with E-state index in [-0.39, 0.29) is 12.5 Å². The van der Waals surface area contributed by atoms with Crippen molar-refractivity contribution in [1.82, 2.24) is 5.32 Å². The summed E-state index contributed by atoms with van der Waals surface area (Å²) < 4.78 is 11.3. The number of amides is 1. The quantitative estimate of drug-likeness (QED) is 0.0261. The van der Waals surface area contributed by atoms with E-state index < -0.39 is 49.5 Å². The normalized spacial score (nSPS) is 17.9. The molecule has 6 N–H and O–H groups in total. The third-order valence-corrected chi connectivity index (χ3v) is 19.5. The van der Waals surface area contributed by atoms with Gasteiger partial charge in [0.1, 0.15) is 24.4 Å². The van der Waals surface area contributed by atoms with E-state index >= 15 is 0 Å². The molecule has 0 radical (unpaired) electrons. The fraction of sp³-hybridized carbons (Fsp3) is 0.826. The van der Waals surface area contributed by atoms with Crippen LogP contribution in [0.1, 0.15) is 399 Å². The van der Waals surface area contributed by atoms with Crippen LogP contribution in [0.3, 0.4) is 0 Å². The lowest BCUT2D eigenvalue weighted by Crippen LogP contribution is -2.60. The number of carbonyl (C=O) groups excluding carboxylic acids is 1. The number of hydrogen-bond donors (Lipinski definition) is 6. The molecule has 9 heteroatoms. The molecule has 7 unspecified atom stereocenters. The van der Waals surface area contributed by atoms with Crippen molar-refractivity contribution < 1.29 is 39.8 Å². The molecule has 1 heterocycles. The topological polar surface area (TPSA) is 149 Å². The molecule has 0 aromatic rings. The third-order valence-electron chi connectivity index (χ3n) is 19.5. The SMILES string of the molecule is CC/C=C\C/C=C\C/C=C\C/C=C\C/C=C\CCCCCCCCCCCCCCCCCCCCCCCCCCCC(=O)NC(COC1OC(CO)C(O)C(O)C1O)C(O)/C=C/CC/C=C/CCCCCCCCCCCCCCCCCCCCCCCCCCC. The van der Waals surface area contributed by atoms with Crippen molar-refractivity contribution in [3.8, 4) is 0 Å². The Bertz CT molecular complexity index is 1790. The second-order valence-corrected chi connectivity index (χ2v) is 28.5. The van der Waals surface area contributed by atoms with Gasteiger partial charge in [0.15, 0.2) is 6.29 Å². The zero-order valence-electron chi connectivity index (χ0n) is 62.4. The van der Waals surface area contributed by atoms with Crippen LogP contribution in [0.2, 0.25) is 0 Å². The molecule has 554 valence electrons. The molecule has 0 aliphatic carbocycles. The van der Waals surface area contributed by atoms with Crippen molar-refractivity contribution in [2.24, 2.45) is 0 Å². The number of hydrogen-bond acceptors (Lipinski definition) is 8. The van der Waals surface area contributed by atoms with Gasteiger partial charge in [0.2, 0.25) is 5.91 Å². The monoisotopic (exact) mass is 1330 g/mol. The smallest absolute Gasteiger partial charge is 0.220 e. The zero-order chi connectivity index (χ0) is 68.5. The lowest BCUT2D eigenvalue weighted by molar-refractivity contribution is -0.302. The summed E-state index contributed by atoms with van der Waals surface area (Å²) in [6.07, 6.45) is 100. The maximum Gasteiger partial charge on any atom is 0.220 e. The van der Waals surface area contributed by atoms with E-state index in [0.29, 0.717) is 6.42 Å². The van der Waals surface area contributed by atoms with Crippen LogP contribution in [0, 0.1) is 0 Å². The van der Waals surface area contributed by atoms with Crippen molar-refractivity contribution in [1.29, 1.82) is 0 Å². The van der Waals surface area contributed by atoms with Gasteiger partial charge in [0.25, 0.3) is 0 Å². The van der Waals surface area contributed by atoms with E-state index in [0.717, 1.165) is 70.6 Å². The average molecular weight is 1330 g/mol. The van der Waals surface area contributed by atoms with E-state index in [1.54, 1.807) is 6.08 Å². The standard InChI is InChI=1S/C86H157NO8/c1-3-5-7-9-11-13-15-17-19-21-23-25-27-29-31-33-35-36-37-38-39-40-41-42-43-44-46-48-50-52-54-56-58-60-62-64-66-68-70-72-74-76-82(90)87-79(78-94-86-85(93)84(92)83(91)81(77-88)95-86)80(89)75-73-71-69-67-65-63-61-59-57-55-53-51-49-47-45-34-32-30-28-26-24-22-20-18-16-14-12-10-8-6-4-2/h5,7,11,13,17,19,23,25,29,31,65,67,73,75,79-81,83-86,88-89,91-93H,3-4,6,8-10,12,14-16,18,20-22,24,26-28,30,32-64,66,68-72,74,76-78H2,1-2H3,(H,87,90)/b7-5-,13-11-,19-17-,25-23-,31-29-,67-65+,75-73+. The van der Waals surface area contributed by atoms with Gasteiger partial charge in [-0.05, 0) is 77.0 Å². The van der Waals surface area contributed by atoms with Gasteiger partial charge in [-0.15, -0.1) is 0 Å². The fourth-order valence-corrected chi connectivity index (χ4v) is 13.1. The fourth-order valence-electron chi connectivity index (χ4n) is 13.1. The number of nitrogens with one attached hydrogen (secondary N) is 1. The molecule has 0 spiro atoms. The summed E-state index contributed by atoms with van der Waals surface area (Å²) in [4.78, 5) is 13.2. The lowest BCUT2D eigenvalue weighted by Gasteiger charge is -2.40. The molecule has 0 saturated carbocycles. The number of unbranched alkanes of at least 4 members (excludes halogenated alkanes) is 51. The van der Waals surface area contributed by atoms with E-state index in [9.17, 15) is 30.3 Å². The summed E-state index contributed by atoms with van der Waals surface area (Å²) in [5.74, 6) is -0.180. The van der Waals surface area contributed by atoms with Crippen LogP contribution in [0.4, 0.5) is 0 Å². The maximum atomic E-state index is 13.2. The molecule has 1 aliphatic rings. The van der Waals surface area contributed by atoms with E-state index in [1.807, 2.05) is 6.08 Å². The van der Waals surface area contributed by atoms with Crippen molar-refractivity contribution >= 4 is 5.91 Å². The van der Waals surface area contributed by atoms with E-state index in [2.05, 4.69) is 92.1 Å². The molecular formula is C86H157NO8. The average Bonchev–Trinajstić information content (AvgIpc) is 0.836. The highest BCUT2D eigenvalue weighted by molar-refractivity contribution is 5.76.